The SMILES string of the molecule is N[C@H](Cc1ccccc1OCc1ccccc1)C(=O)O. The summed E-state index contributed by atoms with van der Waals surface area (Å²) in [5.41, 5.74) is 7.43. The zero-order valence-electron chi connectivity index (χ0n) is 11.0. The summed E-state index contributed by atoms with van der Waals surface area (Å²) in [7, 11) is 0. The van der Waals surface area contributed by atoms with Gasteiger partial charge in [0.15, 0.2) is 0 Å². The van der Waals surface area contributed by atoms with Crippen LogP contribution in [0.25, 0.3) is 0 Å². The molecule has 2 aromatic rings. The lowest BCUT2D eigenvalue weighted by Gasteiger charge is -2.13. The van der Waals surface area contributed by atoms with E-state index in [4.69, 9.17) is 15.6 Å². The molecule has 0 unspecified atom stereocenters. The molecule has 1 atom stereocenters. The number of hydrogen-bond acceptors (Lipinski definition) is 3. The van der Waals surface area contributed by atoms with Crippen LogP contribution in [0.4, 0.5) is 0 Å². The summed E-state index contributed by atoms with van der Waals surface area (Å²) in [5, 5.41) is 8.88. The van der Waals surface area contributed by atoms with Gasteiger partial charge < -0.3 is 15.6 Å². The van der Waals surface area contributed by atoms with Gasteiger partial charge in [0.25, 0.3) is 0 Å². The van der Waals surface area contributed by atoms with Crippen LogP contribution in [0.5, 0.6) is 5.75 Å². The van der Waals surface area contributed by atoms with E-state index in [-0.39, 0.29) is 6.42 Å². The van der Waals surface area contributed by atoms with E-state index < -0.39 is 12.0 Å². The van der Waals surface area contributed by atoms with Crippen molar-refractivity contribution in [1.82, 2.24) is 0 Å². The number of rotatable bonds is 6. The minimum absolute atomic E-state index is 0.250. The van der Waals surface area contributed by atoms with E-state index in [0.29, 0.717) is 12.4 Å². The number of para-hydroxylation sites is 1. The highest BCUT2D eigenvalue weighted by Gasteiger charge is 2.14. The van der Waals surface area contributed by atoms with Crippen LogP contribution in [0.15, 0.2) is 54.6 Å². The van der Waals surface area contributed by atoms with Gasteiger partial charge in [-0.25, -0.2) is 0 Å². The molecular formula is C16H17NO3. The average molecular weight is 271 g/mol. The average Bonchev–Trinajstić information content (AvgIpc) is 2.47. The maximum atomic E-state index is 10.8. The fourth-order valence-corrected chi connectivity index (χ4v) is 1.87. The number of hydrogen-bond donors (Lipinski definition) is 2. The predicted molar refractivity (Wildman–Crippen MR) is 76.5 cm³/mol. The Morgan fingerprint density at radius 3 is 2.45 bits per heavy atom. The molecule has 0 fully saturated rings. The standard InChI is InChI=1S/C16H17NO3/c17-14(16(18)19)10-13-8-4-5-9-15(13)20-11-12-6-2-1-3-7-12/h1-9,14H,10-11,17H2,(H,18,19)/t14-/m1/s1. The molecule has 2 rings (SSSR count). The normalized spacial score (nSPS) is 11.8. The third-order valence-electron chi connectivity index (χ3n) is 2.97. The molecule has 3 N–H and O–H groups in total. The molecule has 2 aromatic carbocycles. The molecule has 4 heteroatoms. The van der Waals surface area contributed by atoms with Crippen molar-refractivity contribution < 1.29 is 14.6 Å². The van der Waals surface area contributed by atoms with Crippen LogP contribution in [0.3, 0.4) is 0 Å². The first kappa shape index (κ1) is 14.1. The molecule has 0 saturated carbocycles. The lowest BCUT2D eigenvalue weighted by atomic mass is 10.1. The summed E-state index contributed by atoms with van der Waals surface area (Å²) >= 11 is 0. The van der Waals surface area contributed by atoms with E-state index in [1.807, 2.05) is 54.6 Å². The summed E-state index contributed by atoms with van der Waals surface area (Å²) < 4.78 is 5.76. The highest BCUT2D eigenvalue weighted by atomic mass is 16.5. The molecule has 0 heterocycles. The molecule has 0 aliphatic heterocycles. The number of carbonyl (C=O) groups is 1. The van der Waals surface area contributed by atoms with Crippen LogP contribution >= 0.6 is 0 Å². The van der Waals surface area contributed by atoms with E-state index in [0.717, 1.165) is 11.1 Å². The van der Waals surface area contributed by atoms with Gasteiger partial charge in [-0.1, -0.05) is 48.5 Å². The third kappa shape index (κ3) is 3.83. The van der Waals surface area contributed by atoms with Crippen LogP contribution in [0, 0.1) is 0 Å². The summed E-state index contributed by atoms with van der Waals surface area (Å²) in [6.45, 7) is 0.445. The van der Waals surface area contributed by atoms with E-state index in [1.165, 1.54) is 0 Å². The van der Waals surface area contributed by atoms with Gasteiger partial charge in [-0.15, -0.1) is 0 Å². The number of nitrogens with two attached hydrogens (primary N) is 1. The minimum atomic E-state index is -1.01. The van der Waals surface area contributed by atoms with E-state index in [9.17, 15) is 4.79 Å². The summed E-state index contributed by atoms with van der Waals surface area (Å²) in [6, 6.07) is 16.2. The van der Waals surface area contributed by atoms with Crippen LogP contribution < -0.4 is 10.5 Å². The van der Waals surface area contributed by atoms with E-state index in [1.54, 1.807) is 0 Å². The predicted octanol–water partition coefficient (Wildman–Crippen LogP) is 2.22. The zero-order valence-corrected chi connectivity index (χ0v) is 11.0. The second kappa shape index (κ2) is 6.73. The third-order valence-corrected chi connectivity index (χ3v) is 2.97. The number of carboxylic acid groups (broad SMARTS) is 1. The van der Waals surface area contributed by atoms with Crippen molar-refractivity contribution in [3.63, 3.8) is 0 Å². The van der Waals surface area contributed by atoms with Gasteiger partial charge in [0.1, 0.15) is 18.4 Å². The fraction of sp³-hybridized carbons (Fsp3) is 0.188. The van der Waals surface area contributed by atoms with Gasteiger partial charge in [-0.3, -0.25) is 4.79 Å². The van der Waals surface area contributed by atoms with Gasteiger partial charge in [0.05, 0.1) is 0 Å². The fourth-order valence-electron chi connectivity index (χ4n) is 1.87. The molecule has 0 radical (unpaired) electrons. The Hall–Kier alpha value is -2.33. The lowest BCUT2D eigenvalue weighted by molar-refractivity contribution is -0.138. The maximum absolute atomic E-state index is 10.8. The monoisotopic (exact) mass is 271 g/mol. The molecule has 0 aliphatic carbocycles. The Morgan fingerprint density at radius 2 is 1.75 bits per heavy atom. The molecule has 20 heavy (non-hydrogen) atoms. The molecule has 0 aliphatic rings. The highest BCUT2D eigenvalue weighted by Crippen LogP contribution is 2.20. The Labute approximate surface area is 117 Å². The lowest BCUT2D eigenvalue weighted by Crippen LogP contribution is -2.32. The Kier molecular flexibility index (Phi) is 4.74. The summed E-state index contributed by atoms with van der Waals surface area (Å²) in [6.07, 6.45) is 0.250. The van der Waals surface area contributed by atoms with Gasteiger partial charge in [-0.2, -0.15) is 0 Å². The van der Waals surface area contributed by atoms with Gasteiger partial charge in [-0.05, 0) is 17.2 Å². The Bertz CT molecular complexity index is 569. The largest absolute Gasteiger partial charge is 0.489 e. The molecule has 0 bridgehead atoms. The molecule has 0 saturated heterocycles. The van der Waals surface area contributed by atoms with Crippen LogP contribution in [-0.2, 0) is 17.8 Å². The van der Waals surface area contributed by atoms with Gasteiger partial charge in [0.2, 0.25) is 0 Å². The Balaban J connectivity index is 2.06. The van der Waals surface area contributed by atoms with Crippen molar-refractivity contribution in [2.45, 2.75) is 19.1 Å². The van der Waals surface area contributed by atoms with Crippen molar-refractivity contribution in [3.8, 4) is 5.75 Å². The quantitative estimate of drug-likeness (QED) is 0.845. The van der Waals surface area contributed by atoms with Crippen molar-refractivity contribution >= 4 is 5.97 Å². The molecule has 0 amide bonds. The summed E-state index contributed by atoms with van der Waals surface area (Å²) in [5.74, 6) is -0.337. The number of benzene rings is 2. The number of aliphatic carboxylic acids is 1. The molecule has 0 aromatic heterocycles. The summed E-state index contributed by atoms with van der Waals surface area (Å²) in [4.78, 5) is 10.8. The second-order valence-electron chi connectivity index (χ2n) is 4.53. The van der Waals surface area contributed by atoms with Crippen molar-refractivity contribution in [2.75, 3.05) is 0 Å². The molecule has 104 valence electrons. The Morgan fingerprint density at radius 1 is 1.10 bits per heavy atom. The number of carboxylic acids is 1. The van der Waals surface area contributed by atoms with Crippen molar-refractivity contribution in [2.24, 2.45) is 5.73 Å². The number of ether oxygens (including phenoxy) is 1. The molecule has 4 nitrogen and oxygen atoms in total. The van der Waals surface area contributed by atoms with Crippen LogP contribution in [-0.4, -0.2) is 17.1 Å². The van der Waals surface area contributed by atoms with E-state index >= 15 is 0 Å². The van der Waals surface area contributed by atoms with Crippen molar-refractivity contribution in [1.29, 1.82) is 0 Å². The molecule has 0 spiro atoms. The van der Waals surface area contributed by atoms with Crippen LogP contribution in [0.2, 0.25) is 0 Å². The van der Waals surface area contributed by atoms with Crippen molar-refractivity contribution in [3.05, 3.63) is 65.7 Å². The minimum Gasteiger partial charge on any atom is -0.489 e. The van der Waals surface area contributed by atoms with E-state index in [2.05, 4.69) is 0 Å². The first-order valence-corrected chi connectivity index (χ1v) is 6.40. The topological polar surface area (TPSA) is 72.5 Å². The molecular weight excluding hydrogens is 254 g/mol. The maximum Gasteiger partial charge on any atom is 0.320 e. The zero-order chi connectivity index (χ0) is 14.4. The highest BCUT2D eigenvalue weighted by molar-refractivity contribution is 5.73. The first-order chi connectivity index (χ1) is 9.66. The second-order valence-corrected chi connectivity index (χ2v) is 4.53. The van der Waals surface area contributed by atoms with Gasteiger partial charge >= 0.3 is 5.97 Å². The van der Waals surface area contributed by atoms with Crippen LogP contribution in [0.1, 0.15) is 11.1 Å². The smallest absolute Gasteiger partial charge is 0.320 e. The first-order valence-electron chi connectivity index (χ1n) is 6.40. The van der Waals surface area contributed by atoms with Gasteiger partial charge in [0, 0.05) is 6.42 Å².